The third-order valence-electron chi connectivity index (χ3n) is 4.27. The maximum atomic E-state index is 10.2. The molecule has 4 heteroatoms. The van der Waals surface area contributed by atoms with Crippen molar-refractivity contribution < 1.29 is 14.7 Å². The van der Waals surface area contributed by atoms with Crippen molar-refractivity contribution >= 4 is 11.6 Å². The molecule has 0 unspecified atom stereocenters. The summed E-state index contributed by atoms with van der Waals surface area (Å²) in [5.41, 5.74) is 0. The van der Waals surface area contributed by atoms with Crippen molar-refractivity contribution in [2.45, 2.75) is 51.3 Å². The quantitative estimate of drug-likeness (QED) is 0.871. The molecule has 3 nitrogen and oxygen atoms in total. The van der Waals surface area contributed by atoms with E-state index in [1.165, 1.54) is 24.2 Å². The van der Waals surface area contributed by atoms with Crippen molar-refractivity contribution in [3.63, 3.8) is 0 Å². The van der Waals surface area contributed by atoms with Gasteiger partial charge in [-0.05, 0) is 57.4 Å². The maximum absolute atomic E-state index is 10.2. The van der Waals surface area contributed by atoms with Crippen molar-refractivity contribution in [3.8, 4) is 5.75 Å². The van der Waals surface area contributed by atoms with Gasteiger partial charge in [-0.2, -0.15) is 0 Å². The normalized spacial score (nSPS) is 25.4. The summed E-state index contributed by atoms with van der Waals surface area (Å²) in [6, 6.07) is 8.50. The molecule has 2 rings (SSSR count). The number of likely N-dealkylation sites (tertiary alicyclic amines) is 1. The van der Waals surface area contributed by atoms with Gasteiger partial charge in [-0.3, -0.25) is 0 Å². The van der Waals surface area contributed by atoms with E-state index in [1.807, 2.05) is 12.1 Å². The molecule has 1 aliphatic rings. The van der Waals surface area contributed by atoms with E-state index in [2.05, 4.69) is 13.8 Å². The Kier molecular flexibility index (Phi) is 5.70. The van der Waals surface area contributed by atoms with Gasteiger partial charge in [-0.25, -0.2) is 0 Å². The highest BCUT2D eigenvalue weighted by molar-refractivity contribution is 6.30. The number of piperidine rings is 1. The predicted octanol–water partition coefficient (Wildman–Crippen LogP) is 1.93. The Balaban J connectivity index is 1.79. The van der Waals surface area contributed by atoms with Gasteiger partial charge in [-0.15, -0.1) is 0 Å². The Bertz CT molecular complexity index is 399. The van der Waals surface area contributed by atoms with Gasteiger partial charge in [0.25, 0.3) is 0 Å². The number of hydrogen-bond acceptors (Lipinski definition) is 2. The van der Waals surface area contributed by atoms with Crippen LogP contribution in [0.2, 0.25) is 5.02 Å². The number of halogens is 1. The van der Waals surface area contributed by atoms with Crippen LogP contribution < -0.4 is 9.64 Å². The number of quaternary nitrogens is 1. The second-order valence-electron chi connectivity index (χ2n) is 5.93. The van der Waals surface area contributed by atoms with Crippen LogP contribution in [0.5, 0.6) is 5.75 Å². The van der Waals surface area contributed by atoms with Gasteiger partial charge in [0.15, 0.2) is 0 Å². The molecule has 1 aromatic rings. The molecule has 0 aromatic heterocycles. The summed E-state index contributed by atoms with van der Waals surface area (Å²) >= 11 is 5.83. The van der Waals surface area contributed by atoms with Gasteiger partial charge in [0.1, 0.15) is 25.0 Å². The van der Waals surface area contributed by atoms with Gasteiger partial charge in [0.2, 0.25) is 0 Å². The summed E-state index contributed by atoms with van der Waals surface area (Å²) in [5.74, 6) is 0.753. The van der Waals surface area contributed by atoms with Crippen LogP contribution in [0.15, 0.2) is 24.3 Å². The molecule has 1 aromatic carbocycles. The summed E-state index contributed by atoms with van der Waals surface area (Å²) in [6.07, 6.45) is 3.39. The van der Waals surface area contributed by atoms with Crippen LogP contribution in [-0.2, 0) is 0 Å². The number of hydrogen-bond donors (Lipinski definition) is 2. The van der Waals surface area contributed by atoms with Crippen molar-refractivity contribution in [2.24, 2.45) is 0 Å². The fraction of sp³-hybridized carbons (Fsp3) is 0.625. The van der Waals surface area contributed by atoms with E-state index in [4.69, 9.17) is 16.3 Å². The van der Waals surface area contributed by atoms with Crippen LogP contribution in [-0.4, -0.2) is 36.4 Å². The lowest BCUT2D eigenvalue weighted by Gasteiger charge is -2.36. The predicted molar refractivity (Wildman–Crippen MR) is 81.6 cm³/mol. The molecule has 0 amide bonds. The number of benzene rings is 1. The molecule has 20 heavy (non-hydrogen) atoms. The Morgan fingerprint density at radius 1 is 1.25 bits per heavy atom. The minimum absolute atomic E-state index is 0.338. The summed E-state index contributed by atoms with van der Waals surface area (Å²) < 4.78 is 5.61. The first kappa shape index (κ1) is 15.6. The van der Waals surface area contributed by atoms with Crippen molar-refractivity contribution in [1.82, 2.24) is 0 Å². The molecule has 1 aliphatic heterocycles. The second kappa shape index (κ2) is 7.30. The van der Waals surface area contributed by atoms with E-state index in [1.54, 1.807) is 12.1 Å². The van der Waals surface area contributed by atoms with Gasteiger partial charge >= 0.3 is 0 Å². The summed E-state index contributed by atoms with van der Waals surface area (Å²) in [7, 11) is 0. The van der Waals surface area contributed by atoms with Crippen LogP contribution >= 0.6 is 11.6 Å². The third kappa shape index (κ3) is 4.37. The highest BCUT2D eigenvalue weighted by atomic mass is 35.5. The lowest BCUT2D eigenvalue weighted by Crippen LogP contribution is -3.20. The van der Waals surface area contributed by atoms with Crippen molar-refractivity contribution in [3.05, 3.63) is 29.3 Å². The van der Waals surface area contributed by atoms with E-state index in [0.717, 1.165) is 12.3 Å². The molecule has 1 heterocycles. The van der Waals surface area contributed by atoms with Crippen LogP contribution in [0, 0.1) is 0 Å². The number of rotatable bonds is 5. The molecule has 2 N–H and O–H groups in total. The first-order valence-corrected chi connectivity index (χ1v) is 7.86. The number of nitrogens with one attached hydrogen (secondary N) is 1. The van der Waals surface area contributed by atoms with Crippen LogP contribution in [0.4, 0.5) is 0 Å². The molecule has 112 valence electrons. The monoisotopic (exact) mass is 298 g/mol. The molecule has 3 atom stereocenters. The molecule has 0 saturated carbocycles. The Hall–Kier alpha value is -0.770. The topological polar surface area (TPSA) is 33.9 Å². The SMILES string of the molecule is C[C@H]1CCC[C@H](C)[NH+]1C[C@H](O)COc1ccc(Cl)cc1. The number of ether oxygens (including phenoxy) is 1. The molecule has 0 aliphatic carbocycles. The Labute approximate surface area is 126 Å². The zero-order chi connectivity index (χ0) is 14.5. The zero-order valence-electron chi connectivity index (χ0n) is 12.3. The average Bonchev–Trinajstić information content (AvgIpc) is 2.42. The van der Waals surface area contributed by atoms with E-state index in [0.29, 0.717) is 23.7 Å². The Morgan fingerprint density at radius 3 is 2.45 bits per heavy atom. The molecule has 0 spiro atoms. The molecular formula is C16H25ClNO2+. The van der Waals surface area contributed by atoms with E-state index >= 15 is 0 Å². The van der Waals surface area contributed by atoms with Crippen LogP contribution in [0.3, 0.4) is 0 Å². The lowest BCUT2D eigenvalue weighted by molar-refractivity contribution is -0.954. The molecule has 1 saturated heterocycles. The minimum atomic E-state index is -0.427. The summed E-state index contributed by atoms with van der Waals surface area (Å²) in [5, 5.41) is 10.9. The number of aliphatic hydroxyl groups is 1. The van der Waals surface area contributed by atoms with E-state index in [9.17, 15) is 5.11 Å². The average molecular weight is 299 g/mol. The zero-order valence-corrected chi connectivity index (χ0v) is 13.1. The molecular weight excluding hydrogens is 274 g/mol. The summed E-state index contributed by atoms with van der Waals surface area (Å²) in [4.78, 5) is 1.50. The van der Waals surface area contributed by atoms with E-state index < -0.39 is 6.10 Å². The maximum Gasteiger partial charge on any atom is 0.137 e. The molecule has 1 fully saturated rings. The largest absolute Gasteiger partial charge is 0.491 e. The van der Waals surface area contributed by atoms with Crippen LogP contribution in [0.1, 0.15) is 33.1 Å². The highest BCUT2D eigenvalue weighted by Crippen LogP contribution is 2.15. The van der Waals surface area contributed by atoms with Gasteiger partial charge in [-0.1, -0.05) is 11.6 Å². The fourth-order valence-corrected chi connectivity index (χ4v) is 3.17. The van der Waals surface area contributed by atoms with Crippen molar-refractivity contribution in [2.75, 3.05) is 13.2 Å². The first-order valence-electron chi connectivity index (χ1n) is 7.48. The fourth-order valence-electron chi connectivity index (χ4n) is 3.04. The first-order chi connectivity index (χ1) is 9.56. The van der Waals surface area contributed by atoms with E-state index in [-0.39, 0.29) is 0 Å². The number of aliphatic hydroxyl groups excluding tert-OH is 1. The van der Waals surface area contributed by atoms with Crippen LogP contribution in [0.25, 0.3) is 0 Å². The molecule has 0 bridgehead atoms. The molecule has 0 radical (unpaired) electrons. The second-order valence-corrected chi connectivity index (χ2v) is 6.37. The third-order valence-corrected chi connectivity index (χ3v) is 4.52. The van der Waals surface area contributed by atoms with Crippen molar-refractivity contribution in [1.29, 1.82) is 0 Å². The van der Waals surface area contributed by atoms with Gasteiger partial charge in [0.05, 0.1) is 12.1 Å². The Morgan fingerprint density at radius 2 is 1.85 bits per heavy atom. The van der Waals surface area contributed by atoms with Gasteiger partial charge in [0, 0.05) is 5.02 Å². The smallest absolute Gasteiger partial charge is 0.137 e. The minimum Gasteiger partial charge on any atom is -0.491 e. The summed E-state index contributed by atoms with van der Waals surface area (Å²) in [6.45, 7) is 5.65. The lowest BCUT2D eigenvalue weighted by atomic mass is 9.97. The standard InChI is InChI=1S/C16H24ClNO2/c1-12-4-3-5-13(2)18(12)10-15(19)11-20-16-8-6-14(17)7-9-16/h6-9,12-13,15,19H,3-5,10-11H2,1-2H3/p+1/t12-,13-,15-/m0/s1. The highest BCUT2D eigenvalue weighted by Gasteiger charge is 2.30. The van der Waals surface area contributed by atoms with Gasteiger partial charge < -0.3 is 14.7 Å².